The third-order valence-electron chi connectivity index (χ3n) is 1.97. The average molecular weight is 208 g/mol. The molecule has 0 saturated heterocycles. The van der Waals surface area contributed by atoms with Crippen molar-refractivity contribution in [2.75, 3.05) is 0 Å². The minimum absolute atomic E-state index is 0.0139. The summed E-state index contributed by atoms with van der Waals surface area (Å²) in [6.07, 6.45) is 0.335. The molecule has 0 radical (unpaired) electrons. The van der Waals surface area contributed by atoms with E-state index < -0.39 is 0 Å². The number of aromatic hydroxyl groups is 1. The summed E-state index contributed by atoms with van der Waals surface area (Å²) < 4.78 is 5.47. The number of phenols is 1. The van der Waals surface area contributed by atoms with Gasteiger partial charge in [0.05, 0.1) is 6.10 Å². The average Bonchev–Trinajstić information content (AvgIpc) is 2.16. The monoisotopic (exact) mass is 208 g/mol. The van der Waals surface area contributed by atoms with E-state index in [0.717, 1.165) is 0 Å². The maximum atomic E-state index is 11.6. The molecule has 0 amide bonds. The molecule has 3 heteroatoms. The normalized spacial score (nSPS) is 10.4. The van der Waals surface area contributed by atoms with Crippen molar-refractivity contribution in [1.82, 2.24) is 0 Å². The summed E-state index contributed by atoms with van der Waals surface area (Å²) in [6.45, 7) is 5.52. The number of ether oxygens (including phenoxy) is 1. The molecule has 3 nitrogen and oxygen atoms in total. The van der Waals surface area contributed by atoms with Crippen LogP contribution in [0.2, 0.25) is 0 Å². The van der Waals surface area contributed by atoms with Crippen LogP contribution in [-0.2, 0) is 0 Å². The number of carbonyl (C=O) groups excluding carboxylic acids is 1. The Morgan fingerprint density at radius 3 is 2.67 bits per heavy atom. The fourth-order valence-electron chi connectivity index (χ4n) is 1.33. The largest absolute Gasteiger partial charge is 0.507 e. The first kappa shape index (κ1) is 11.6. The number of rotatable bonds is 4. The van der Waals surface area contributed by atoms with Crippen molar-refractivity contribution in [2.24, 2.45) is 0 Å². The van der Waals surface area contributed by atoms with Gasteiger partial charge in [0.15, 0.2) is 5.78 Å². The lowest BCUT2D eigenvalue weighted by atomic mass is 10.1. The maximum Gasteiger partial charge on any atom is 0.170 e. The van der Waals surface area contributed by atoms with Crippen LogP contribution >= 0.6 is 0 Å². The van der Waals surface area contributed by atoms with Crippen molar-refractivity contribution >= 4 is 5.78 Å². The smallest absolute Gasteiger partial charge is 0.170 e. The second-order valence-corrected chi connectivity index (χ2v) is 3.59. The van der Waals surface area contributed by atoms with Crippen LogP contribution in [0, 0.1) is 0 Å². The highest BCUT2D eigenvalue weighted by Gasteiger charge is 2.16. The molecular weight excluding hydrogens is 192 g/mol. The lowest BCUT2D eigenvalue weighted by Crippen LogP contribution is -2.09. The van der Waals surface area contributed by atoms with E-state index in [9.17, 15) is 9.90 Å². The Labute approximate surface area is 89.7 Å². The van der Waals surface area contributed by atoms with Gasteiger partial charge < -0.3 is 9.84 Å². The molecule has 1 N–H and O–H groups in total. The van der Waals surface area contributed by atoms with Crippen molar-refractivity contribution in [3.63, 3.8) is 0 Å². The summed E-state index contributed by atoms with van der Waals surface area (Å²) in [5.74, 6) is 0.334. The van der Waals surface area contributed by atoms with Crippen LogP contribution in [0.3, 0.4) is 0 Å². The number of phenolic OH excluding ortho intramolecular Hbond substituents is 1. The first-order valence-electron chi connectivity index (χ1n) is 5.08. The molecule has 82 valence electrons. The van der Waals surface area contributed by atoms with Gasteiger partial charge >= 0.3 is 0 Å². The zero-order valence-electron chi connectivity index (χ0n) is 9.28. The summed E-state index contributed by atoms with van der Waals surface area (Å²) in [7, 11) is 0. The van der Waals surface area contributed by atoms with Crippen molar-refractivity contribution in [3.8, 4) is 11.5 Å². The molecule has 0 atom stereocenters. The molecule has 15 heavy (non-hydrogen) atoms. The Bertz CT molecular complexity index is 356. The Hall–Kier alpha value is -1.51. The molecule has 1 aromatic rings. The Kier molecular flexibility index (Phi) is 3.72. The van der Waals surface area contributed by atoms with Gasteiger partial charge in [0.2, 0.25) is 0 Å². The first-order valence-corrected chi connectivity index (χ1v) is 5.08. The topological polar surface area (TPSA) is 46.5 Å². The molecule has 0 aromatic heterocycles. The standard InChI is InChI=1S/C12H16O3/c1-4-9(13)12-10(14)6-5-7-11(12)15-8(2)3/h5-8,14H,4H2,1-3H3. The highest BCUT2D eigenvalue weighted by Crippen LogP contribution is 2.29. The van der Waals surface area contributed by atoms with E-state index in [1.165, 1.54) is 6.07 Å². The maximum absolute atomic E-state index is 11.6. The van der Waals surface area contributed by atoms with Gasteiger partial charge in [-0.2, -0.15) is 0 Å². The van der Waals surface area contributed by atoms with Gasteiger partial charge in [-0.1, -0.05) is 13.0 Å². The van der Waals surface area contributed by atoms with Gasteiger partial charge in [0.25, 0.3) is 0 Å². The minimum atomic E-state index is -0.108. The molecule has 0 aliphatic rings. The first-order chi connectivity index (χ1) is 7.06. The molecule has 0 bridgehead atoms. The predicted octanol–water partition coefficient (Wildman–Crippen LogP) is 2.77. The summed E-state index contributed by atoms with van der Waals surface area (Å²) in [5.41, 5.74) is 0.286. The van der Waals surface area contributed by atoms with Crippen LogP contribution in [0.1, 0.15) is 37.6 Å². The highest BCUT2D eigenvalue weighted by molar-refractivity contribution is 6.01. The second-order valence-electron chi connectivity index (χ2n) is 3.59. The second kappa shape index (κ2) is 4.82. The van der Waals surface area contributed by atoms with E-state index in [0.29, 0.717) is 12.2 Å². The minimum Gasteiger partial charge on any atom is -0.507 e. The number of carbonyl (C=O) groups is 1. The molecule has 0 spiro atoms. The molecule has 0 saturated carbocycles. The Balaban J connectivity index is 3.14. The SMILES string of the molecule is CCC(=O)c1c(O)cccc1OC(C)C. The van der Waals surface area contributed by atoms with Gasteiger partial charge in [-0.05, 0) is 26.0 Å². The molecule has 0 aliphatic heterocycles. The lowest BCUT2D eigenvalue weighted by Gasteiger charge is -2.14. The third-order valence-corrected chi connectivity index (χ3v) is 1.97. The van der Waals surface area contributed by atoms with Crippen LogP contribution in [0.5, 0.6) is 11.5 Å². The van der Waals surface area contributed by atoms with Gasteiger partial charge in [-0.3, -0.25) is 4.79 Å². The van der Waals surface area contributed by atoms with Crippen LogP contribution in [0.15, 0.2) is 18.2 Å². The number of hydrogen-bond acceptors (Lipinski definition) is 3. The molecular formula is C12H16O3. The van der Waals surface area contributed by atoms with Crippen molar-refractivity contribution in [3.05, 3.63) is 23.8 Å². The lowest BCUT2D eigenvalue weighted by molar-refractivity contribution is 0.0979. The van der Waals surface area contributed by atoms with E-state index in [-0.39, 0.29) is 23.2 Å². The number of hydrogen-bond donors (Lipinski definition) is 1. The van der Waals surface area contributed by atoms with E-state index in [4.69, 9.17) is 4.74 Å². The number of ketones is 1. The fourth-order valence-corrected chi connectivity index (χ4v) is 1.33. The molecule has 0 heterocycles. The number of benzene rings is 1. The van der Waals surface area contributed by atoms with Crippen LogP contribution in [-0.4, -0.2) is 17.0 Å². The molecule has 1 aromatic carbocycles. The van der Waals surface area contributed by atoms with Crippen molar-refractivity contribution in [1.29, 1.82) is 0 Å². The molecule has 0 unspecified atom stereocenters. The zero-order chi connectivity index (χ0) is 11.4. The molecule has 0 fully saturated rings. The quantitative estimate of drug-likeness (QED) is 0.774. The summed E-state index contributed by atoms with van der Waals surface area (Å²) in [4.78, 5) is 11.6. The van der Waals surface area contributed by atoms with Gasteiger partial charge in [0.1, 0.15) is 17.1 Å². The van der Waals surface area contributed by atoms with E-state index in [2.05, 4.69) is 0 Å². The van der Waals surface area contributed by atoms with E-state index in [1.54, 1.807) is 19.1 Å². The summed E-state index contributed by atoms with van der Waals surface area (Å²) in [5, 5.41) is 9.60. The summed E-state index contributed by atoms with van der Waals surface area (Å²) in [6, 6.07) is 4.86. The predicted molar refractivity (Wildman–Crippen MR) is 58.5 cm³/mol. The van der Waals surface area contributed by atoms with Gasteiger partial charge in [-0.15, -0.1) is 0 Å². The van der Waals surface area contributed by atoms with Crippen molar-refractivity contribution < 1.29 is 14.6 Å². The third kappa shape index (κ3) is 2.72. The van der Waals surface area contributed by atoms with Crippen LogP contribution in [0.4, 0.5) is 0 Å². The molecule has 1 rings (SSSR count). The van der Waals surface area contributed by atoms with E-state index >= 15 is 0 Å². The van der Waals surface area contributed by atoms with Crippen molar-refractivity contribution in [2.45, 2.75) is 33.3 Å². The summed E-state index contributed by atoms with van der Waals surface area (Å²) >= 11 is 0. The number of Topliss-reactive ketones (excluding diaryl/α,β-unsaturated/α-hetero) is 1. The van der Waals surface area contributed by atoms with Gasteiger partial charge in [-0.25, -0.2) is 0 Å². The van der Waals surface area contributed by atoms with Crippen LogP contribution in [0.25, 0.3) is 0 Å². The highest BCUT2D eigenvalue weighted by atomic mass is 16.5. The Morgan fingerprint density at radius 1 is 1.47 bits per heavy atom. The Morgan fingerprint density at radius 2 is 2.13 bits per heavy atom. The van der Waals surface area contributed by atoms with Crippen LogP contribution < -0.4 is 4.74 Å². The fraction of sp³-hybridized carbons (Fsp3) is 0.417. The molecule has 0 aliphatic carbocycles. The zero-order valence-corrected chi connectivity index (χ0v) is 9.28. The van der Waals surface area contributed by atoms with E-state index in [1.807, 2.05) is 13.8 Å². The van der Waals surface area contributed by atoms with Gasteiger partial charge in [0, 0.05) is 6.42 Å².